The van der Waals surface area contributed by atoms with Crippen LogP contribution < -0.4 is 5.73 Å². The average molecular weight is 278 g/mol. The van der Waals surface area contributed by atoms with E-state index in [-0.39, 0.29) is 5.92 Å². The normalized spacial score (nSPS) is 12.2. The van der Waals surface area contributed by atoms with Crippen LogP contribution in [0.5, 0.6) is 0 Å². The highest BCUT2D eigenvalue weighted by atomic mass is 15.2. The molecule has 0 aliphatic carbocycles. The van der Waals surface area contributed by atoms with Crippen LogP contribution >= 0.6 is 0 Å². The van der Waals surface area contributed by atoms with Crippen molar-refractivity contribution in [3.63, 3.8) is 0 Å². The lowest BCUT2D eigenvalue weighted by molar-refractivity contribution is 0.721. The van der Waals surface area contributed by atoms with Gasteiger partial charge in [-0.15, -0.1) is 0 Å². The van der Waals surface area contributed by atoms with E-state index in [4.69, 9.17) is 5.73 Å². The third-order valence-corrected chi connectivity index (χ3v) is 3.59. The Hall–Kier alpha value is -2.62. The molecule has 1 aromatic heterocycles. The van der Waals surface area contributed by atoms with Gasteiger partial charge in [-0.25, -0.2) is 4.98 Å². The fourth-order valence-corrected chi connectivity index (χ4v) is 2.51. The molecule has 0 radical (unpaired) electrons. The Balaban J connectivity index is 1.94. The van der Waals surface area contributed by atoms with Gasteiger partial charge in [0.2, 0.25) is 0 Å². The first-order chi connectivity index (χ1) is 10.3. The van der Waals surface area contributed by atoms with Gasteiger partial charge in [0.05, 0.1) is 0 Å². The SMILES string of the molecule is CCC(c1ccccc1)c1nc(-c2cccc(N)c2)n[nH]1. The van der Waals surface area contributed by atoms with Gasteiger partial charge in [-0.2, -0.15) is 5.10 Å². The number of aromatic amines is 1. The number of H-pyrrole nitrogens is 1. The van der Waals surface area contributed by atoms with Gasteiger partial charge in [-0.1, -0.05) is 49.4 Å². The van der Waals surface area contributed by atoms with Gasteiger partial charge in [0.25, 0.3) is 0 Å². The van der Waals surface area contributed by atoms with E-state index in [1.54, 1.807) is 0 Å². The largest absolute Gasteiger partial charge is 0.399 e. The molecule has 0 saturated carbocycles. The van der Waals surface area contributed by atoms with Crippen LogP contribution in [0, 0.1) is 0 Å². The highest BCUT2D eigenvalue weighted by Crippen LogP contribution is 2.26. The van der Waals surface area contributed by atoms with E-state index in [1.165, 1.54) is 5.56 Å². The van der Waals surface area contributed by atoms with Crippen molar-refractivity contribution in [2.75, 3.05) is 5.73 Å². The van der Waals surface area contributed by atoms with Crippen LogP contribution in [0.15, 0.2) is 54.6 Å². The molecule has 0 saturated heterocycles. The maximum atomic E-state index is 5.81. The van der Waals surface area contributed by atoms with Crippen molar-refractivity contribution in [1.82, 2.24) is 15.2 Å². The Labute approximate surface area is 124 Å². The number of nitrogen functional groups attached to an aromatic ring is 1. The number of hydrogen-bond donors (Lipinski definition) is 2. The lowest BCUT2D eigenvalue weighted by atomic mass is 9.96. The fourth-order valence-electron chi connectivity index (χ4n) is 2.51. The number of rotatable bonds is 4. The smallest absolute Gasteiger partial charge is 0.181 e. The van der Waals surface area contributed by atoms with Crippen LogP contribution in [0.1, 0.15) is 30.7 Å². The molecule has 0 amide bonds. The van der Waals surface area contributed by atoms with E-state index >= 15 is 0 Å². The molecule has 0 aliphatic rings. The Bertz CT molecular complexity index is 718. The van der Waals surface area contributed by atoms with E-state index in [2.05, 4.69) is 34.2 Å². The van der Waals surface area contributed by atoms with Gasteiger partial charge in [-0.05, 0) is 24.1 Å². The van der Waals surface area contributed by atoms with Crippen molar-refractivity contribution in [3.05, 3.63) is 66.0 Å². The molecule has 106 valence electrons. The topological polar surface area (TPSA) is 67.6 Å². The van der Waals surface area contributed by atoms with Crippen molar-refractivity contribution in [1.29, 1.82) is 0 Å². The highest BCUT2D eigenvalue weighted by molar-refractivity contribution is 5.60. The highest BCUT2D eigenvalue weighted by Gasteiger charge is 2.16. The van der Waals surface area contributed by atoms with Crippen LogP contribution in [-0.2, 0) is 0 Å². The second-order valence-electron chi connectivity index (χ2n) is 5.04. The summed E-state index contributed by atoms with van der Waals surface area (Å²) < 4.78 is 0. The molecular weight excluding hydrogens is 260 g/mol. The quantitative estimate of drug-likeness (QED) is 0.716. The number of benzene rings is 2. The van der Waals surface area contributed by atoms with Gasteiger partial charge in [-0.3, -0.25) is 5.10 Å². The summed E-state index contributed by atoms with van der Waals surface area (Å²) in [7, 11) is 0. The van der Waals surface area contributed by atoms with Gasteiger partial charge in [0.15, 0.2) is 5.82 Å². The average Bonchev–Trinajstić information content (AvgIpc) is 2.99. The van der Waals surface area contributed by atoms with Crippen molar-refractivity contribution in [2.45, 2.75) is 19.3 Å². The molecule has 2 aromatic carbocycles. The summed E-state index contributed by atoms with van der Waals surface area (Å²) in [4.78, 5) is 4.65. The van der Waals surface area contributed by atoms with Crippen LogP contribution in [0.25, 0.3) is 11.4 Å². The first-order valence-corrected chi connectivity index (χ1v) is 7.11. The number of nitrogens with one attached hydrogen (secondary N) is 1. The second kappa shape index (κ2) is 5.79. The van der Waals surface area contributed by atoms with Crippen LogP contribution in [0.4, 0.5) is 5.69 Å². The molecule has 0 spiro atoms. The maximum Gasteiger partial charge on any atom is 0.181 e. The monoisotopic (exact) mass is 278 g/mol. The Kier molecular flexibility index (Phi) is 3.69. The van der Waals surface area contributed by atoms with E-state index < -0.39 is 0 Å². The Morgan fingerprint density at radius 1 is 1.10 bits per heavy atom. The molecule has 3 N–H and O–H groups in total. The van der Waals surface area contributed by atoms with Gasteiger partial charge in [0.1, 0.15) is 5.82 Å². The van der Waals surface area contributed by atoms with Crippen LogP contribution in [0.2, 0.25) is 0 Å². The number of aromatic nitrogens is 3. The minimum atomic E-state index is 0.230. The van der Waals surface area contributed by atoms with Gasteiger partial charge in [0, 0.05) is 17.2 Å². The minimum Gasteiger partial charge on any atom is -0.399 e. The molecule has 1 heterocycles. The predicted octanol–water partition coefficient (Wildman–Crippen LogP) is 3.60. The summed E-state index contributed by atoms with van der Waals surface area (Å²) in [5, 5.41) is 7.40. The van der Waals surface area contributed by atoms with E-state index in [9.17, 15) is 0 Å². The third-order valence-electron chi connectivity index (χ3n) is 3.59. The summed E-state index contributed by atoms with van der Waals surface area (Å²) >= 11 is 0. The zero-order valence-corrected chi connectivity index (χ0v) is 12.0. The number of nitrogens with two attached hydrogens (primary N) is 1. The van der Waals surface area contributed by atoms with Gasteiger partial charge >= 0.3 is 0 Å². The third kappa shape index (κ3) is 2.79. The number of anilines is 1. The Morgan fingerprint density at radius 2 is 1.90 bits per heavy atom. The molecule has 4 heteroatoms. The van der Waals surface area contributed by atoms with Crippen LogP contribution in [-0.4, -0.2) is 15.2 Å². The molecular formula is C17H18N4. The summed E-state index contributed by atoms with van der Waals surface area (Å²) in [6.07, 6.45) is 0.968. The molecule has 0 fully saturated rings. The van der Waals surface area contributed by atoms with Gasteiger partial charge < -0.3 is 5.73 Å². The van der Waals surface area contributed by atoms with E-state index in [1.807, 2.05) is 42.5 Å². The molecule has 0 bridgehead atoms. The van der Waals surface area contributed by atoms with Crippen molar-refractivity contribution < 1.29 is 0 Å². The molecule has 4 nitrogen and oxygen atoms in total. The van der Waals surface area contributed by atoms with E-state index in [0.29, 0.717) is 11.5 Å². The number of nitrogens with zero attached hydrogens (tertiary/aromatic N) is 2. The summed E-state index contributed by atoms with van der Waals surface area (Å²) in [5.74, 6) is 1.81. The lowest BCUT2D eigenvalue weighted by Gasteiger charge is -2.11. The predicted molar refractivity (Wildman–Crippen MR) is 84.8 cm³/mol. The fraction of sp³-hybridized carbons (Fsp3) is 0.176. The molecule has 3 aromatic rings. The zero-order chi connectivity index (χ0) is 14.7. The van der Waals surface area contributed by atoms with Crippen molar-refractivity contribution in [2.24, 2.45) is 0 Å². The standard InChI is InChI=1S/C17H18N4/c1-2-15(12-7-4-3-5-8-12)17-19-16(20-21-17)13-9-6-10-14(18)11-13/h3-11,15H,2,18H2,1H3,(H,19,20,21). The molecule has 21 heavy (non-hydrogen) atoms. The van der Waals surface area contributed by atoms with Crippen molar-refractivity contribution in [3.8, 4) is 11.4 Å². The zero-order valence-electron chi connectivity index (χ0n) is 12.0. The van der Waals surface area contributed by atoms with Crippen molar-refractivity contribution >= 4 is 5.69 Å². The first-order valence-electron chi connectivity index (χ1n) is 7.11. The molecule has 1 unspecified atom stereocenters. The molecule has 3 rings (SSSR count). The minimum absolute atomic E-state index is 0.230. The summed E-state index contributed by atoms with van der Waals surface area (Å²) in [5.41, 5.74) is 8.71. The number of hydrogen-bond acceptors (Lipinski definition) is 3. The molecule has 1 atom stereocenters. The summed E-state index contributed by atoms with van der Waals surface area (Å²) in [6.45, 7) is 2.15. The Morgan fingerprint density at radius 3 is 2.62 bits per heavy atom. The molecule has 0 aliphatic heterocycles. The summed E-state index contributed by atoms with van der Waals surface area (Å²) in [6, 6.07) is 18.0. The van der Waals surface area contributed by atoms with E-state index in [0.717, 1.165) is 17.8 Å². The van der Waals surface area contributed by atoms with Crippen LogP contribution in [0.3, 0.4) is 0 Å². The first kappa shape index (κ1) is 13.4. The second-order valence-corrected chi connectivity index (χ2v) is 5.04. The lowest BCUT2D eigenvalue weighted by Crippen LogP contribution is -2.01. The maximum absolute atomic E-state index is 5.81.